The van der Waals surface area contributed by atoms with Crippen LogP contribution < -0.4 is 5.43 Å². The van der Waals surface area contributed by atoms with Gasteiger partial charge in [0.2, 0.25) is 0 Å². The molecular formula is C24H20N4OS2. The largest absolute Gasteiger partial charge is 0.341 e. The Kier molecular flexibility index (Phi) is 5.44. The summed E-state index contributed by atoms with van der Waals surface area (Å²) < 4.78 is 4.33. The number of nitrogens with one attached hydrogen (secondary N) is 1. The van der Waals surface area contributed by atoms with Gasteiger partial charge in [-0.1, -0.05) is 48.2 Å². The monoisotopic (exact) mass is 444 g/mol. The maximum absolute atomic E-state index is 12.2. The summed E-state index contributed by atoms with van der Waals surface area (Å²) >= 11 is 3.02. The molecular weight excluding hydrogens is 424 g/mol. The van der Waals surface area contributed by atoms with Gasteiger partial charge in [-0.15, -0.1) is 11.3 Å². The van der Waals surface area contributed by atoms with E-state index in [-0.39, 0.29) is 11.7 Å². The van der Waals surface area contributed by atoms with Gasteiger partial charge in [0.15, 0.2) is 4.34 Å². The minimum atomic E-state index is -0.149. The Morgan fingerprint density at radius 3 is 2.77 bits per heavy atom. The molecule has 154 valence electrons. The minimum absolute atomic E-state index is 0.149. The number of fused-ring (bicyclic) bond motifs is 4. The van der Waals surface area contributed by atoms with Crippen LogP contribution in [0.15, 0.2) is 76.2 Å². The number of hydrazone groups is 1. The van der Waals surface area contributed by atoms with Gasteiger partial charge in [0.25, 0.3) is 5.91 Å². The number of aromatic nitrogens is 2. The zero-order valence-corrected chi connectivity index (χ0v) is 18.5. The second-order valence-electron chi connectivity index (χ2n) is 7.07. The van der Waals surface area contributed by atoms with Crippen molar-refractivity contribution in [2.45, 2.75) is 17.8 Å². The highest BCUT2D eigenvalue weighted by molar-refractivity contribution is 8.01. The van der Waals surface area contributed by atoms with Crippen molar-refractivity contribution in [3.8, 4) is 0 Å². The van der Waals surface area contributed by atoms with E-state index in [1.165, 1.54) is 33.6 Å². The molecule has 0 bridgehead atoms. The highest BCUT2D eigenvalue weighted by Gasteiger charge is 2.09. The van der Waals surface area contributed by atoms with Gasteiger partial charge in [0, 0.05) is 28.4 Å². The number of hydrogen-bond donors (Lipinski definition) is 1. The van der Waals surface area contributed by atoms with E-state index in [1.807, 2.05) is 30.3 Å². The Labute approximate surface area is 187 Å². The number of amides is 1. The third kappa shape index (κ3) is 3.94. The maximum atomic E-state index is 12.2. The van der Waals surface area contributed by atoms with Crippen molar-refractivity contribution in [1.82, 2.24) is 15.0 Å². The van der Waals surface area contributed by atoms with E-state index in [4.69, 9.17) is 0 Å². The number of thiazole rings is 1. The van der Waals surface area contributed by atoms with Crippen LogP contribution in [0.1, 0.15) is 12.5 Å². The zero-order valence-electron chi connectivity index (χ0n) is 16.9. The van der Waals surface area contributed by atoms with Crippen molar-refractivity contribution < 1.29 is 4.79 Å². The number of carbonyl (C=O) groups is 1. The SMILES string of the molecule is CCn1c2ccccc2c2cc(C=NNC(=O)CSc3nc4ccccc4s3)ccc21. The van der Waals surface area contributed by atoms with E-state index < -0.39 is 0 Å². The Morgan fingerprint density at radius 2 is 1.90 bits per heavy atom. The first-order valence-electron chi connectivity index (χ1n) is 10.0. The molecule has 1 amide bonds. The average Bonchev–Trinajstić information content (AvgIpc) is 3.36. The summed E-state index contributed by atoms with van der Waals surface area (Å²) in [5.41, 5.74) is 6.97. The molecule has 0 aliphatic heterocycles. The lowest BCUT2D eigenvalue weighted by Gasteiger charge is -2.02. The van der Waals surface area contributed by atoms with Gasteiger partial charge in [-0.05, 0) is 42.8 Å². The summed E-state index contributed by atoms with van der Waals surface area (Å²) in [6, 6.07) is 22.7. The molecule has 0 aliphatic rings. The van der Waals surface area contributed by atoms with Gasteiger partial charge in [0.1, 0.15) is 0 Å². The van der Waals surface area contributed by atoms with Gasteiger partial charge >= 0.3 is 0 Å². The predicted octanol–water partition coefficient (Wildman–Crippen LogP) is 5.67. The lowest BCUT2D eigenvalue weighted by Crippen LogP contribution is -2.19. The van der Waals surface area contributed by atoms with Gasteiger partial charge in [-0.25, -0.2) is 10.4 Å². The van der Waals surface area contributed by atoms with Crippen molar-refractivity contribution in [3.05, 3.63) is 72.3 Å². The fourth-order valence-electron chi connectivity index (χ4n) is 3.74. The van der Waals surface area contributed by atoms with E-state index in [1.54, 1.807) is 17.6 Å². The summed E-state index contributed by atoms with van der Waals surface area (Å²) in [5.74, 6) is 0.129. The fraction of sp³-hybridized carbons (Fsp3) is 0.125. The lowest BCUT2D eigenvalue weighted by atomic mass is 10.1. The Morgan fingerprint density at radius 1 is 1.10 bits per heavy atom. The standard InChI is InChI=1S/C24H20N4OS2/c1-2-28-20-9-5-3-7-17(20)18-13-16(11-12-21(18)28)14-25-27-23(29)15-30-24-26-19-8-4-6-10-22(19)31-24/h3-14H,2,15H2,1H3,(H,27,29). The number of thioether (sulfide) groups is 1. The second kappa shape index (κ2) is 8.53. The van der Waals surface area contributed by atoms with Crippen LogP contribution >= 0.6 is 23.1 Å². The molecule has 31 heavy (non-hydrogen) atoms. The molecule has 2 aromatic heterocycles. The Bertz CT molecular complexity index is 1400. The molecule has 0 fully saturated rings. The zero-order chi connectivity index (χ0) is 21.2. The summed E-state index contributed by atoms with van der Waals surface area (Å²) in [5, 5.41) is 6.57. The number of aryl methyl sites for hydroxylation is 1. The van der Waals surface area contributed by atoms with Gasteiger partial charge in [0.05, 0.1) is 22.2 Å². The molecule has 5 rings (SSSR count). The summed E-state index contributed by atoms with van der Waals surface area (Å²) in [7, 11) is 0. The Hall–Kier alpha value is -3.16. The molecule has 0 spiro atoms. The third-order valence-corrected chi connectivity index (χ3v) is 7.30. The fourth-order valence-corrected chi connectivity index (χ4v) is 5.60. The minimum Gasteiger partial charge on any atom is -0.341 e. The first-order chi connectivity index (χ1) is 15.2. The lowest BCUT2D eigenvalue weighted by molar-refractivity contribution is -0.118. The summed E-state index contributed by atoms with van der Waals surface area (Å²) in [4.78, 5) is 16.7. The van der Waals surface area contributed by atoms with Crippen LogP contribution in [0, 0.1) is 0 Å². The van der Waals surface area contributed by atoms with Crippen LogP contribution in [0.4, 0.5) is 0 Å². The number of benzene rings is 3. The van der Waals surface area contributed by atoms with E-state index in [0.717, 1.165) is 26.7 Å². The Balaban J connectivity index is 1.26. The molecule has 5 aromatic rings. The number of nitrogens with zero attached hydrogens (tertiary/aromatic N) is 3. The van der Waals surface area contributed by atoms with Gasteiger partial charge in [-0.3, -0.25) is 4.79 Å². The molecule has 0 aliphatic carbocycles. The number of carbonyl (C=O) groups excluding carboxylic acids is 1. The van der Waals surface area contributed by atoms with Crippen molar-refractivity contribution in [2.24, 2.45) is 5.10 Å². The van der Waals surface area contributed by atoms with Gasteiger partial charge < -0.3 is 4.57 Å². The van der Waals surface area contributed by atoms with Crippen LogP contribution in [-0.2, 0) is 11.3 Å². The molecule has 5 nitrogen and oxygen atoms in total. The molecule has 0 saturated carbocycles. The van der Waals surface area contributed by atoms with Gasteiger partial charge in [-0.2, -0.15) is 5.10 Å². The smallest absolute Gasteiger partial charge is 0.250 e. The molecule has 0 radical (unpaired) electrons. The summed E-state index contributed by atoms with van der Waals surface area (Å²) in [6.45, 7) is 3.07. The normalized spacial score (nSPS) is 11.8. The highest BCUT2D eigenvalue weighted by atomic mass is 32.2. The van der Waals surface area contributed by atoms with Crippen LogP contribution in [0.5, 0.6) is 0 Å². The molecule has 0 unspecified atom stereocenters. The quantitative estimate of drug-likeness (QED) is 0.209. The van der Waals surface area contributed by atoms with Crippen molar-refractivity contribution >= 4 is 67.2 Å². The summed E-state index contributed by atoms with van der Waals surface area (Å²) in [6.07, 6.45) is 1.69. The second-order valence-corrected chi connectivity index (χ2v) is 9.32. The molecule has 7 heteroatoms. The number of hydrogen-bond acceptors (Lipinski definition) is 5. The third-order valence-electron chi connectivity index (χ3n) is 5.12. The molecule has 3 aromatic carbocycles. The van der Waals surface area contributed by atoms with Crippen LogP contribution in [0.2, 0.25) is 0 Å². The van der Waals surface area contributed by atoms with Crippen molar-refractivity contribution in [2.75, 3.05) is 5.75 Å². The van der Waals surface area contributed by atoms with Crippen LogP contribution in [0.3, 0.4) is 0 Å². The van der Waals surface area contributed by atoms with E-state index in [9.17, 15) is 4.79 Å². The van der Waals surface area contributed by atoms with E-state index in [2.05, 4.69) is 63.4 Å². The molecule has 1 N–H and O–H groups in total. The highest BCUT2D eigenvalue weighted by Crippen LogP contribution is 2.30. The average molecular weight is 445 g/mol. The van der Waals surface area contributed by atoms with Crippen molar-refractivity contribution in [1.29, 1.82) is 0 Å². The number of rotatable bonds is 6. The van der Waals surface area contributed by atoms with Crippen LogP contribution in [-0.4, -0.2) is 27.4 Å². The first kappa shape index (κ1) is 19.8. The van der Waals surface area contributed by atoms with Crippen LogP contribution in [0.25, 0.3) is 32.0 Å². The van der Waals surface area contributed by atoms with Crippen molar-refractivity contribution in [3.63, 3.8) is 0 Å². The van der Waals surface area contributed by atoms with E-state index in [0.29, 0.717) is 0 Å². The molecule has 0 atom stereocenters. The maximum Gasteiger partial charge on any atom is 0.250 e. The predicted molar refractivity (Wildman–Crippen MR) is 131 cm³/mol. The topological polar surface area (TPSA) is 59.3 Å². The number of para-hydroxylation sites is 2. The first-order valence-corrected chi connectivity index (χ1v) is 11.8. The van der Waals surface area contributed by atoms with E-state index >= 15 is 0 Å². The molecule has 0 saturated heterocycles. The molecule has 2 heterocycles.